The van der Waals surface area contributed by atoms with Crippen molar-refractivity contribution in [1.82, 2.24) is 4.57 Å². The van der Waals surface area contributed by atoms with E-state index in [1.807, 2.05) is 18.2 Å². The standard InChI is InChI=1S/C20H20N2O3/c1-22-17-11-15(9-10-18(17)25-20(22)24)21-19(23)12-16(14-7-8-14)13-5-3-2-4-6-13/h2-6,9-11,14,16H,7-8,12H2,1H3,(H,21,23). The molecule has 3 aromatic rings. The Morgan fingerprint density at radius 1 is 1.24 bits per heavy atom. The highest BCUT2D eigenvalue weighted by Crippen LogP contribution is 2.44. The minimum Gasteiger partial charge on any atom is -0.408 e. The fourth-order valence-corrected chi connectivity index (χ4v) is 3.37. The summed E-state index contributed by atoms with van der Waals surface area (Å²) in [4.78, 5) is 24.1. The molecule has 1 amide bonds. The normalized spacial score (nSPS) is 15.2. The molecule has 1 aliphatic carbocycles. The fraction of sp³-hybridized carbons (Fsp3) is 0.300. The van der Waals surface area contributed by atoms with Crippen molar-refractivity contribution in [1.29, 1.82) is 0 Å². The molecule has 5 heteroatoms. The topological polar surface area (TPSA) is 64.2 Å². The van der Waals surface area contributed by atoms with E-state index >= 15 is 0 Å². The van der Waals surface area contributed by atoms with E-state index in [1.54, 1.807) is 25.2 Å². The number of fused-ring (bicyclic) bond motifs is 1. The number of oxazole rings is 1. The number of carbonyl (C=O) groups is 1. The number of anilines is 1. The van der Waals surface area contributed by atoms with E-state index in [0.29, 0.717) is 29.1 Å². The number of benzene rings is 2. The molecule has 4 rings (SSSR count). The summed E-state index contributed by atoms with van der Waals surface area (Å²) >= 11 is 0. The average molecular weight is 336 g/mol. The van der Waals surface area contributed by atoms with Crippen molar-refractivity contribution in [3.63, 3.8) is 0 Å². The summed E-state index contributed by atoms with van der Waals surface area (Å²) in [6, 6.07) is 15.5. The zero-order valence-corrected chi connectivity index (χ0v) is 14.1. The lowest BCUT2D eigenvalue weighted by Crippen LogP contribution is -2.17. The highest BCUT2D eigenvalue weighted by molar-refractivity contribution is 5.93. The van der Waals surface area contributed by atoms with Crippen LogP contribution in [-0.2, 0) is 11.8 Å². The number of aryl methyl sites for hydroxylation is 1. The summed E-state index contributed by atoms with van der Waals surface area (Å²) in [5.41, 5.74) is 3.10. The molecule has 5 nitrogen and oxygen atoms in total. The first-order valence-corrected chi connectivity index (χ1v) is 8.56. The van der Waals surface area contributed by atoms with Crippen LogP contribution in [0.5, 0.6) is 0 Å². The lowest BCUT2D eigenvalue weighted by Gasteiger charge is -2.16. The number of carbonyl (C=O) groups excluding carboxylic acids is 1. The average Bonchev–Trinajstić information content (AvgIpc) is 3.42. The van der Waals surface area contributed by atoms with Gasteiger partial charge in [-0.1, -0.05) is 30.3 Å². The lowest BCUT2D eigenvalue weighted by molar-refractivity contribution is -0.116. The van der Waals surface area contributed by atoms with Crippen molar-refractivity contribution >= 4 is 22.7 Å². The molecule has 25 heavy (non-hydrogen) atoms. The minimum atomic E-state index is -0.406. The minimum absolute atomic E-state index is 0.00593. The molecule has 1 aromatic heterocycles. The molecule has 1 fully saturated rings. The van der Waals surface area contributed by atoms with E-state index in [4.69, 9.17) is 4.42 Å². The van der Waals surface area contributed by atoms with Gasteiger partial charge >= 0.3 is 5.76 Å². The molecule has 0 spiro atoms. The predicted octanol–water partition coefficient (Wildman–Crippen LogP) is 3.65. The summed E-state index contributed by atoms with van der Waals surface area (Å²) in [6.07, 6.45) is 2.85. The van der Waals surface area contributed by atoms with Gasteiger partial charge < -0.3 is 9.73 Å². The number of nitrogens with one attached hydrogen (secondary N) is 1. The van der Waals surface area contributed by atoms with E-state index < -0.39 is 5.76 Å². The Balaban J connectivity index is 1.51. The molecule has 0 radical (unpaired) electrons. The predicted molar refractivity (Wildman–Crippen MR) is 96.6 cm³/mol. The van der Waals surface area contributed by atoms with E-state index in [9.17, 15) is 9.59 Å². The van der Waals surface area contributed by atoms with Gasteiger partial charge in [-0.15, -0.1) is 0 Å². The largest absolute Gasteiger partial charge is 0.419 e. The Bertz CT molecular complexity index is 968. The first-order chi connectivity index (χ1) is 12.1. The van der Waals surface area contributed by atoms with E-state index in [1.165, 1.54) is 23.0 Å². The molecule has 128 valence electrons. The van der Waals surface area contributed by atoms with Gasteiger partial charge in [0, 0.05) is 19.2 Å². The van der Waals surface area contributed by atoms with Gasteiger partial charge in [-0.2, -0.15) is 0 Å². The van der Waals surface area contributed by atoms with Crippen LogP contribution in [0.25, 0.3) is 11.1 Å². The molecule has 0 bridgehead atoms. The third-order valence-electron chi connectivity index (χ3n) is 4.90. The van der Waals surface area contributed by atoms with Crippen LogP contribution in [-0.4, -0.2) is 10.5 Å². The van der Waals surface area contributed by atoms with Gasteiger partial charge in [0.25, 0.3) is 0 Å². The molecule has 1 aliphatic rings. The molecule has 1 N–H and O–H groups in total. The van der Waals surface area contributed by atoms with Gasteiger partial charge in [-0.3, -0.25) is 9.36 Å². The first-order valence-electron chi connectivity index (χ1n) is 8.56. The molecule has 1 saturated carbocycles. The van der Waals surface area contributed by atoms with Gasteiger partial charge in [-0.25, -0.2) is 4.79 Å². The molecular formula is C20H20N2O3. The van der Waals surface area contributed by atoms with Gasteiger partial charge in [0.05, 0.1) is 5.52 Å². The van der Waals surface area contributed by atoms with Crippen molar-refractivity contribution in [3.05, 3.63) is 64.6 Å². The fourth-order valence-electron chi connectivity index (χ4n) is 3.37. The van der Waals surface area contributed by atoms with Crippen LogP contribution in [0.4, 0.5) is 5.69 Å². The number of hydrogen-bond acceptors (Lipinski definition) is 3. The summed E-state index contributed by atoms with van der Waals surface area (Å²) in [5.74, 6) is 0.457. The number of amides is 1. The Hall–Kier alpha value is -2.82. The second-order valence-electron chi connectivity index (χ2n) is 6.72. The summed E-state index contributed by atoms with van der Waals surface area (Å²) in [6.45, 7) is 0. The van der Waals surface area contributed by atoms with Gasteiger partial charge in [0.15, 0.2) is 5.58 Å². The Kier molecular flexibility index (Phi) is 3.92. The Labute approximate surface area is 145 Å². The van der Waals surface area contributed by atoms with Crippen molar-refractivity contribution in [2.24, 2.45) is 13.0 Å². The monoisotopic (exact) mass is 336 g/mol. The second kappa shape index (κ2) is 6.24. The molecule has 0 aliphatic heterocycles. The van der Waals surface area contributed by atoms with E-state index in [0.717, 1.165) is 0 Å². The Morgan fingerprint density at radius 3 is 2.72 bits per heavy atom. The summed E-state index contributed by atoms with van der Waals surface area (Å²) < 4.78 is 6.55. The highest BCUT2D eigenvalue weighted by atomic mass is 16.4. The van der Waals surface area contributed by atoms with Gasteiger partial charge in [0.1, 0.15) is 0 Å². The van der Waals surface area contributed by atoms with Crippen molar-refractivity contribution in [2.45, 2.75) is 25.2 Å². The summed E-state index contributed by atoms with van der Waals surface area (Å²) in [5, 5.41) is 2.96. The van der Waals surface area contributed by atoms with Crippen LogP contribution in [0, 0.1) is 5.92 Å². The molecule has 1 atom stereocenters. The third-order valence-corrected chi connectivity index (χ3v) is 4.90. The van der Waals surface area contributed by atoms with Crippen molar-refractivity contribution in [3.8, 4) is 0 Å². The van der Waals surface area contributed by atoms with Crippen LogP contribution in [0.15, 0.2) is 57.7 Å². The van der Waals surface area contributed by atoms with Gasteiger partial charge in [-0.05, 0) is 48.4 Å². The third kappa shape index (κ3) is 3.22. The number of hydrogen-bond donors (Lipinski definition) is 1. The lowest BCUT2D eigenvalue weighted by atomic mass is 9.91. The van der Waals surface area contributed by atoms with E-state index in [-0.39, 0.29) is 11.8 Å². The van der Waals surface area contributed by atoms with E-state index in [2.05, 4.69) is 17.4 Å². The van der Waals surface area contributed by atoms with Crippen molar-refractivity contribution < 1.29 is 9.21 Å². The smallest absolute Gasteiger partial charge is 0.408 e. The van der Waals surface area contributed by atoms with Crippen LogP contribution < -0.4 is 11.1 Å². The quantitative estimate of drug-likeness (QED) is 0.773. The zero-order valence-electron chi connectivity index (χ0n) is 14.1. The maximum Gasteiger partial charge on any atom is 0.419 e. The zero-order chi connectivity index (χ0) is 17.4. The first kappa shape index (κ1) is 15.7. The highest BCUT2D eigenvalue weighted by Gasteiger charge is 2.33. The molecular weight excluding hydrogens is 316 g/mol. The van der Waals surface area contributed by atoms with Crippen LogP contribution >= 0.6 is 0 Å². The van der Waals surface area contributed by atoms with Crippen molar-refractivity contribution in [2.75, 3.05) is 5.32 Å². The number of nitrogens with zero attached hydrogens (tertiary/aromatic N) is 1. The molecule has 2 aromatic carbocycles. The number of rotatable bonds is 5. The molecule has 1 unspecified atom stereocenters. The summed E-state index contributed by atoms with van der Waals surface area (Å²) in [7, 11) is 1.65. The second-order valence-corrected chi connectivity index (χ2v) is 6.72. The van der Waals surface area contributed by atoms with Crippen LogP contribution in [0.3, 0.4) is 0 Å². The van der Waals surface area contributed by atoms with Crippen LogP contribution in [0.1, 0.15) is 30.7 Å². The Morgan fingerprint density at radius 2 is 2.00 bits per heavy atom. The SMILES string of the molecule is Cn1c(=O)oc2ccc(NC(=O)CC(c3ccccc3)C3CC3)cc21. The maximum atomic E-state index is 12.6. The van der Waals surface area contributed by atoms with Gasteiger partial charge in [0.2, 0.25) is 5.91 Å². The maximum absolute atomic E-state index is 12.6. The number of aromatic nitrogens is 1. The molecule has 0 saturated heterocycles. The van der Waals surface area contributed by atoms with Crippen LogP contribution in [0.2, 0.25) is 0 Å². The molecule has 1 heterocycles.